The zero-order valence-corrected chi connectivity index (χ0v) is 41.1. The summed E-state index contributed by atoms with van der Waals surface area (Å²) >= 11 is 0. The van der Waals surface area contributed by atoms with Crippen molar-refractivity contribution in [2.24, 2.45) is 0 Å². The van der Waals surface area contributed by atoms with Crippen LogP contribution in [0.15, 0.2) is 0 Å². The summed E-state index contributed by atoms with van der Waals surface area (Å²) in [4.78, 5) is 13.2. The van der Waals surface area contributed by atoms with Crippen LogP contribution in [0, 0.1) is 0 Å². The van der Waals surface area contributed by atoms with Gasteiger partial charge in [0.05, 0.1) is 38.6 Å². The summed E-state index contributed by atoms with van der Waals surface area (Å²) in [7, 11) is 0. The number of aliphatic hydroxyl groups excluding tert-OH is 11. The van der Waals surface area contributed by atoms with Crippen LogP contribution >= 0.6 is 0 Å². The van der Waals surface area contributed by atoms with E-state index in [-0.39, 0.29) is 18.9 Å². The molecule has 0 radical (unpaired) electrons. The van der Waals surface area contributed by atoms with Crippen molar-refractivity contribution < 1.29 is 89.4 Å². The Bertz CT molecular complexity index is 1270. The highest BCUT2D eigenvalue weighted by Crippen LogP contribution is 2.33. The van der Waals surface area contributed by atoms with Crippen molar-refractivity contribution >= 4 is 5.91 Å². The second-order valence-corrected chi connectivity index (χ2v) is 19.4. The molecule has 68 heavy (non-hydrogen) atoms. The van der Waals surface area contributed by atoms with Crippen LogP contribution < -0.4 is 5.32 Å². The molecule has 0 spiro atoms. The highest BCUT2D eigenvalue weighted by atomic mass is 16.8. The number of nitrogens with one attached hydrogen (secondary N) is 1. The van der Waals surface area contributed by atoms with Crippen molar-refractivity contribution in [3.05, 3.63) is 0 Å². The summed E-state index contributed by atoms with van der Waals surface area (Å²) in [5, 5.41) is 120. The largest absolute Gasteiger partial charge is 0.394 e. The Kier molecular flexibility index (Phi) is 31.5. The third-order valence-corrected chi connectivity index (χ3v) is 13.7. The lowest BCUT2D eigenvalue weighted by Crippen LogP contribution is -2.66. The molecular formula is C49H93NO18. The smallest absolute Gasteiger partial charge is 0.220 e. The molecule has 3 heterocycles. The van der Waals surface area contributed by atoms with Crippen molar-refractivity contribution in [3.8, 4) is 0 Å². The van der Waals surface area contributed by atoms with Gasteiger partial charge in [-0.05, 0) is 12.8 Å². The fourth-order valence-electron chi connectivity index (χ4n) is 9.25. The van der Waals surface area contributed by atoms with Gasteiger partial charge in [0.1, 0.15) is 73.2 Å². The van der Waals surface area contributed by atoms with E-state index < -0.39 is 124 Å². The zero-order valence-electron chi connectivity index (χ0n) is 41.1. The maximum atomic E-state index is 13.2. The van der Waals surface area contributed by atoms with Crippen molar-refractivity contribution in [1.29, 1.82) is 0 Å². The van der Waals surface area contributed by atoms with E-state index >= 15 is 0 Å². The van der Waals surface area contributed by atoms with Crippen LogP contribution in [-0.2, 0) is 33.2 Å². The maximum absolute atomic E-state index is 13.2. The quantitative estimate of drug-likeness (QED) is 0.0397. The molecule has 12 N–H and O–H groups in total. The number of carbonyl (C=O) groups excluding carboxylic acids is 1. The maximum Gasteiger partial charge on any atom is 0.220 e. The summed E-state index contributed by atoms with van der Waals surface area (Å²) in [5.41, 5.74) is 0. The minimum absolute atomic E-state index is 0.245. The predicted octanol–water partition coefficient (Wildman–Crippen LogP) is 2.09. The number of hydrogen-bond donors (Lipinski definition) is 12. The van der Waals surface area contributed by atoms with E-state index in [0.717, 1.165) is 44.9 Å². The molecule has 3 aliphatic rings. The molecule has 0 aromatic carbocycles. The Hall–Kier alpha value is -1.21. The number of ether oxygens (including phenoxy) is 6. The van der Waals surface area contributed by atoms with Gasteiger partial charge in [0, 0.05) is 6.42 Å². The number of carbonyl (C=O) groups is 1. The Labute approximate surface area is 404 Å². The topological polar surface area (TPSA) is 307 Å². The van der Waals surface area contributed by atoms with Crippen molar-refractivity contribution in [2.75, 3.05) is 26.4 Å². The van der Waals surface area contributed by atoms with Gasteiger partial charge < -0.3 is 89.9 Å². The average molecular weight is 984 g/mol. The Balaban J connectivity index is 1.52. The number of amides is 1. The lowest BCUT2D eigenvalue weighted by Gasteiger charge is -2.48. The molecule has 0 aliphatic carbocycles. The lowest BCUT2D eigenvalue weighted by atomic mass is 9.96. The second-order valence-electron chi connectivity index (χ2n) is 19.4. The Morgan fingerprint density at radius 1 is 0.471 bits per heavy atom. The summed E-state index contributed by atoms with van der Waals surface area (Å²) in [5.74, 6) is -0.245. The average Bonchev–Trinajstić information content (AvgIpc) is 3.33. The van der Waals surface area contributed by atoms with E-state index in [9.17, 15) is 61.0 Å². The van der Waals surface area contributed by atoms with Gasteiger partial charge >= 0.3 is 0 Å². The molecule has 3 saturated heterocycles. The van der Waals surface area contributed by atoms with E-state index in [0.29, 0.717) is 12.8 Å². The number of aliphatic hydroxyl groups is 11. The normalized spacial score (nSPS) is 33.1. The fourth-order valence-corrected chi connectivity index (χ4v) is 9.25. The van der Waals surface area contributed by atoms with Gasteiger partial charge in [-0.25, -0.2) is 0 Å². The van der Waals surface area contributed by atoms with Crippen molar-refractivity contribution in [1.82, 2.24) is 5.32 Å². The monoisotopic (exact) mass is 984 g/mol. The third kappa shape index (κ3) is 20.7. The third-order valence-electron chi connectivity index (χ3n) is 13.7. The number of hydrogen-bond acceptors (Lipinski definition) is 18. The highest BCUT2D eigenvalue weighted by Gasteiger charge is 2.53. The van der Waals surface area contributed by atoms with Crippen molar-refractivity contribution in [2.45, 2.75) is 279 Å². The van der Waals surface area contributed by atoms with E-state index in [4.69, 9.17) is 28.4 Å². The molecular weight excluding hydrogens is 891 g/mol. The molecule has 3 rings (SSSR count). The molecule has 1 amide bonds. The molecule has 19 heteroatoms. The number of rotatable bonds is 37. The summed E-state index contributed by atoms with van der Waals surface area (Å²) in [6, 6.07) is -0.876. The van der Waals surface area contributed by atoms with Gasteiger partial charge in [0.15, 0.2) is 18.9 Å². The van der Waals surface area contributed by atoms with E-state index in [1.54, 1.807) is 0 Å². The van der Waals surface area contributed by atoms with Crippen LogP contribution in [0.25, 0.3) is 0 Å². The van der Waals surface area contributed by atoms with Crippen LogP contribution in [0.4, 0.5) is 0 Å². The van der Waals surface area contributed by atoms with Crippen LogP contribution in [-0.4, -0.2) is 193 Å². The first-order chi connectivity index (χ1) is 32.8. The summed E-state index contributed by atoms with van der Waals surface area (Å²) < 4.78 is 34.1. The minimum Gasteiger partial charge on any atom is -0.394 e. The standard InChI is InChI=1S/C49H93NO18/c1-3-5-7-9-11-13-14-15-16-17-18-19-21-23-25-27-37(55)50-32(33(54)26-24-22-20-12-10-8-6-4-2)31-63-47-43(61)40(58)45(35(29-52)65-47)68-49-44(62)41(59)46(36(30-53)66-49)67-48-42(60)39(57)38(56)34(28-51)64-48/h32-36,38-49,51-54,56-62H,3-31H2,1-2H3,(H,50,55). The molecule has 3 fully saturated rings. The molecule has 0 aromatic rings. The van der Waals surface area contributed by atoms with Crippen molar-refractivity contribution in [3.63, 3.8) is 0 Å². The molecule has 0 bridgehead atoms. The van der Waals surface area contributed by atoms with Crippen LogP contribution in [0.3, 0.4) is 0 Å². The van der Waals surface area contributed by atoms with E-state index in [1.165, 1.54) is 96.3 Å². The zero-order chi connectivity index (χ0) is 49.8. The molecule has 3 aliphatic heterocycles. The van der Waals surface area contributed by atoms with Crippen LogP contribution in [0.1, 0.15) is 174 Å². The van der Waals surface area contributed by atoms with Gasteiger partial charge in [-0.2, -0.15) is 0 Å². The van der Waals surface area contributed by atoms with Gasteiger partial charge in [0.2, 0.25) is 5.91 Å². The summed E-state index contributed by atoms with van der Waals surface area (Å²) in [6.07, 6.45) is 0.880. The second kappa shape index (κ2) is 35.0. The number of unbranched alkanes of at least 4 members (excludes halogenated alkanes) is 21. The summed E-state index contributed by atoms with van der Waals surface area (Å²) in [6.45, 7) is 1.72. The molecule has 0 saturated carbocycles. The van der Waals surface area contributed by atoms with E-state index in [1.807, 2.05) is 0 Å². The van der Waals surface area contributed by atoms with Gasteiger partial charge in [-0.1, -0.05) is 155 Å². The Morgan fingerprint density at radius 3 is 1.28 bits per heavy atom. The van der Waals surface area contributed by atoms with E-state index in [2.05, 4.69) is 19.2 Å². The fraction of sp³-hybridized carbons (Fsp3) is 0.980. The first-order valence-electron chi connectivity index (χ1n) is 26.3. The lowest BCUT2D eigenvalue weighted by molar-refractivity contribution is -0.379. The SMILES string of the molecule is CCCCCCCCCCCCCCCCCC(=O)NC(COC1OC(CO)C(OC2OC(CO)C(OC3OC(CO)C(O)C(O)C3O)C(O)C2O)C(O)C1O)C(O)CCCCCCCCCC. The molecule has 402 valence electrons. The van der Waals surface area contributed by atoms with Gasteiger partial charge in [0.25, 0.3) is 0 Å². The first kappa shape index (κ1) is 61.1. The predicted molar refractivity (Wildman–Crippen MR) is 250 cm³/mol. The minimum atomic E-state index is -1.97. The first-order valence-corrected chi connectivity index (χ1v) is 26.3. The molecule has 0 aromatic heterocycles. The van der Waals surface area contributed by atoms with Gasteiger partial charge in [-0.15, -0.1) is 0 Å². The molecule has 19 nitrogen and oxygen atoms in total. The van der Waals surface area contributed by atoms with Crippen LogP contribution in [0.2, 0.25) is 0 Å². The van der Waals surface area contributed by atoms with Gasteiger partial charge in [-0.3, -0.25) is 4.79 Å². The molecule has 17 atom stereocenters. The highest BCUT2D eigenvalue weighted by molar-refractivity contribution is 5.76. The Morgan fingerprint density at radius 2 is 0.838 bits per heavy atom. The van der Waals surface area contributed by atoms with Crippen LogP contribution in [0.5, 0.6) is 0 Å². The molecule has 17 unspecified atom stereocenters.